The number of hydrogen-bond acceptors (Lipinski definition) is 10. The van der Waals surface area contributed by atoms with Gasteiger partial charge >= 0.3 is 0 Å². The van der Waals surface area contributed by atoms with Crippen LogP contribution in [0, 0.1) is 6.92 Å². The van der Waals surface area contributed by atoms with E-state index >= 15 is 0 Å². The van der Waals surface area contributed by atoms with Gasteiger partial charge in [0.05, 0.1) is 13.2 Å². The largest absolute Gasteiger partial charge is 0.453 e. The first-order valence-corrected chi connectivity index (χ1v) is 10.2. The van der Waals surface area contributed by atoms with Crippen molar-refractivity contribution >= 4 is 34.2 Å². The first-order valence-electron chi connectivity index (χ1n) is 8.47. The molecule has 0 aliphatic rings. The number of anilines is 2. The molecule has 0 aliphatic carbocycles. The highest BCUT2D eigenvalue weighted by Gasteiger charge is 2.16. The second kappa shape index (κ2) is 9.80. The first-order chi connectivity index (χ1) is 13.6. The summed E-state index contributed by atoms with van der Waals surface area (Å²) < 4.78 is 10.1. The molecule has 0 radical (unpaired) electrons. The number of benzene rings is 1. The minimum Gasteiger partial charge on any atom is -0.453 e. The van der Waals surface area contributed by atoms with Crippen molar-refractivity contribution in [1.29, 1.82) is 0 Å². The van der Waals surface area contributed by atoms with Crippen molar-refractivity contribution in [3.63, 3.8) is 0 Å². The molecule has 1 atom stereocenters. The number of nitrogens with zero attached hydrogens (tertiary/aromatic N) is 3. The fourth-order valence-electron chi connectivity index (χ4n) is 2.23. The van der Waals surface area contributed by atoms with Crippen LogP contribution in [0.1, 0.15) is 17.5 Å². The molecule has 0 saturated carbocycles. The topological polar surface area (TPSA) is 121 Å². The van der Waals surface area contributed by atoms with Crippen LogP contribution in [0.5, 0.6) is 11.5 Å². The quantitative estimate of drug-likeness (QED) is 0.387. The third-order valence-corrected chi connectivity index (χ3v) is 5.23. The summed E-state index contributed by atoms with van der Waals surface area (Å²) in [6.45, 7) is 1.57. The fourth-order valence-corrected chi connectivity index (χ4v) is 3.50. The van der Waals surface area contributed by atoms with Crippen molar-refractivity contribution in [3.05, 3.63) is 47.9 Å². The van der Waals surface area contributed by atoms with Gasteiger partial charge in [-0.15, -0.1) is 11.8 Å². The minimum absolute atomic E-state index is 0.0688. The molecular weight excluding hydrogens is 400 g/mol. The number of pyridine rings is 1. The molecule has 0 fully saturated rings. The molecule has 0 unspecified atom stereocenters. The van der Waals surface area contributed by atoms with E-state index in [0.717, 1.165) is 22.0 Å². The van der Waals surface area contributed by atoms with E-state index in [2.05, 4.69) is 19.7 Å². The first kappa shape index (κ1) is 20.5. The lowest BCUT2D eigenvalue weighted by atomic mass is 10.2. The zero-order chi connectivity index (χ0) is 19.9. The SMILES string of the molecule is Cc1ccccc1Oc1cc(SCCO)cnc1Nc1nc([C@H](O)CO)ns1. The molecule has 10 heteroatoms. The van der Waals surface area contributed by atoms with Gasteiger partial charge in [0.25, 0.3) is 0 Å². The van der Waals surface area contributed by atoms with E-state index < -0.39 is 12.7 Å². The van der Waals surface area contributed by atoms with Crippen LogP contribution in [-0.2, 0) is 0 Å². The Morgan fingerprint density at radius 3 is 2.82 bits per heavy atom. The van der Waals surface area contributed by atoms with Gasteiger partial charge < -0.3 is 25.4 Å². The highest BCUT2D eigenvalue weighted by atomic mass is 32.2. The average Bonchev–Trinajstić information content (AvgIpc) is 3.17. The molecular formula is C18H20N4O4S2. The molecule has 148 valence electrons. The van der Waals surface area contributed by atoms with E-state index in [0.29, 0.717) is 28.2 Å². The predicted molar refractivity (Wildman–Crippen MR) is 109 cm³/mol. The molecule has 0 aliphatic heterocycles. The highest BCUT2D eigenvalue weighted by Crippen LogP contribution is 2.35. The van der Waals surface area contributed by atoms with Crippen molar-refractivity contribution in [2.24, 2.45) is 0 Å². The number of aromatic nitrogens is 3. The predicted octanol–water partition coefficient (Wildman–Crippen LogP) is 2.89. The van der Waals surface area contributed by atoms with Crippen LogP contribution in [0.25, 0.3) is 0 Å². The molecule has 28 heavy (non-hydrogen) atoms. The summed E-state index contributed by atoms with van der Waals surface area (Å²) in [5, 5.41) is 31.2. The zero-order valence-corrected chi connectivity index (χ0v) is 16.7. The maximum Gasteiger partial charge on any atom is 0.208 e. The number of aryl methyl sites for hydroxylation is 1. The van der Waals surface area contributed by atoms with Gasteiger partial charge in [0.15, 0.2) is 17.4 Å². The molecule has 0 saturated heterocycles. The standard InChI is InChI=1S/C18H20N4O4S2/c1-11-4-2-3-5-14(11)26-15-8-12(27-7-6-23)9-19-17(15)21-18-20-16(22-28-18)13(25)10-24/h2-5,8-9,13,23-25H,6-7,10H2,1H3,(H,19,20,21,22)/t13-/m1/s1. The summed E-state index contributed by atoms with van der Waals surface area (Å²) in [7, 11) is 0. The second-order valence-corrected chi connectivity index (χ2v) is 7.66. The second-order valence-electron chi connectivity index (χ2n) is 5.74. The third kappa shape index (κ3) is 5.18. The lowest BCUT2D eigenvalue weighted by Gasteiger charge is -2.13. The Morgan fingerprint density at radius 2 is 2.07 bits per heavy atom. The van der Waals surface area contributed by atoms with E-state index in [1.54, 1.807) is 6.20 Å². The smallest absolute Gasteiger partial charge is 0.208 e. The fraction of sp³-hybridized carbons (Fsp3) is 0.278. The molecule has 3 rings (SSSR count). The minimum atomic E-state index is -1.13. The maximum absolute atomic E-state index is 9.65. The van der Waals surface area contributed by atoms with Crippen LogP contribution >= 0.6 is 23.3 Å². The average molecular weight is 421 g/mol. The lowest BCUT2D eigenvalue weighted by molar-refractivity contribution is 0.0897. The molecule has 4 N–H and O–H groups in total. The molecule has 1 aromatic carbocycles. The van der Waals surface area contributed by atoms with E-state index in [1.165, 1.54) is 11.8 Å². The van der Waals surface area contributed by atoms with Crippen LogP contribution in [0.2, 0.25) is 0 Å². The van der Waals surface area contributed by atoms with Crippen LogP contribution in [0.3, 0.4) is 0 Å². The Hall–Kier alpha value is -2.24. The Kier molecular flexibility index (Phi) is 7.18. The number of hydrogen-bond donors (Lipinski definition) is 4. The number of nitrogens with one attached hydrogen (secondary N) is 1. The molecule has 0 bridgehead atoms. The third-order valence-electron chi connectivity index (χ3n) is 3.64. The lowest BCUT2D eigenvalue weighted by Crippen LogP contribution is -2.04. The summed E-state index contributed by atoms with van der Waals surface area (Å²) >= 11 is 2.52. The maximum atomic E-state index is 9.65. The van der Waals surface area contributed by atoms with Gasteiger partial charge in [0, 0.05) is 28.4 Å². The molecule has 2 aromatic heterocycles. The van der Waals surface area contributed by atoms with Crippen molar-refractivity contribution in [2.75, 3.05) is 24.3 Å². The Labute approximate surface area is 170 Å². The van der Waals surface area contributed by atoms with Crippen LogP contribution in [0.15, 0.2) is 41.4 Å². The monoisotopic (exact) mass is 420 g/mol. The van der Waals surface area contributed by atoms with Crippen molar-refractivity contribution in [2.45, 2.75) is 17.9 Å². The van der Waals surface area contributed by atoms with Gasteiger partial charge in [0.1, 0.15) is 11.9 Å². The number of rotatable bonds is 9. The Bertz CT molecular complexity index is 922. The van der Waals surface area contributed by atoms with Crippen molar-refractivity contribution in [3.8, 4) is 11.5 Å². The normalized spacial score (nSPS) is 12.0. The zero-order valence-electron chi connectivity index (χ0n) is 15.1. The number of aliphatic hydroxyl groups is 3. The molecule has 2 heterocycles. The van der Waals surface area contributed by atoms with E-state index in [9.17, 15) is 5.11 Å². The van der Waals surface area contributed by atoms with Crippen LogP contribution < -0.4 is 10.1 Å². The van der Waals surface area contributed by atoms with Crippen molar-refractivity contribution in [1.82, 2.24) is 14.3 Å². The molecule has 8 nitrogen and oxygen atoms in total. The van der Waals surface area contributed by atoms with Gasteiger partial charge in [-0.1, -0.05) is 18.2 Å². The van der Waals surface area contributed by atoms with E-state index in [1.807, 2.05) is 37.3 Å². The van der Waals surface area contributed by atoms with E-state index in [4.69, 9.17) is 14.9 Å². The number of para-hydroxylation sites is 1. The molecule has 0 amide bonds. The van der Waals surface area contributed by atoms with Gasteiger partial charge in [-0.25, -0.2) is 9.97 Å². The summed E-state index contributed by atoms with van der Waals surface area (Å²) in [4.78, 5) is 9.44. The number of aliphatic hydroxyl groups excluding tert-OH is 3. The van der Waals surface area contributed by atoms with Gasteiger partial charge in [-0.05, 0) is 24.6 Å². The van der Waals surface area contributed by atoms with Crippen molar-refractivity contribution < 1.29 is 20.1 Å². The van der Waals surface area contributed by atoms with Gasteiger partial charge in [-0.3, -0.25) is 0 Å². The summed E-state index contributed by atoms with van der Waals surface area (Å²) in [5.74, 6) is 2.34. The van der Waals surface area contributed by atoms with Crippen LogP contribution in [-0.4, -0.2) is 48.6 Å². The number of ether oxygens (including phenoxy) is 1. The summed E-state index contributed by atoms with van der Waals surface area (Å²) in [6, 6.07) is 9.48. The Morgan fingerprint density at radius 1 is 1.25 bits per heavy atom. The summed E-state index contributed by atoms with van der Waals surface area (Å²) in [5.41, 5.74) is 0.978. The van der Waals surface area contributed by atoms with Gasteiger partial charge in [0.2, 0.25) is 5.13 Å². The molecule has 0 spiro atoms. The number of thioether (sulfide) groups is 1. The van der Waals surface area contributed by atoms with E-state index in [-0.39, 0.29) is 12.4 Å². The highest BCUT2D eigenvalue weighted by molar-refractivity contribution is 7.99. The van der Waals surface area contributed by atoms with Crippen LogP contribution in [0.4, 0.5) is 10.9 Å². The molecule has 3 aromatic rings. The van der Waals surface area contributed by atoms with Gasteiger partial charge in [-0.2, -0.15) is 4.37 Å². The summed E-state index contributed by atoms with van der Waals surface area (Å²) in [6.07, 6.45) is 0.553. The Balaban J connectivity index is 1.88.